The minimum absolute atomic E-state index is 0.238. The number of aryl methyl sites for hydroxylation is 2. The summed E-state index contributed by atoms with van der Waals surface area (Å²) in [6.45, 7) is 4.76. The molecule has 0 spiro atoms. The SMILES string of the molecule is COC(=O)CCN(C)Cc1nnc(-c2cc(C)oc2C)o1. The highest BCUT2D eigenvalue weighted by molar-refractivity contribution is 5.69. The maximum Gasteiger partial charge on any atom is 0.306 e. The van der Waals surface area contributed by atoms with Gasteiger partial charge in [0.25, 0.3) is 5.89 Å². The number of hydrogen-bond acceptors (Lipinski definition) is 7. The van der Waals surface area contributed by atoms with Crippen LogP contribution in [0, 0.1) is 13.8 Å². The van der Waals surface area contributed by atoms with Crippen molar-refractivity contribution in [2.24, 2.45) is 0 Å². The van der Waals surface area contributed by atoms with Gasteiger partial charge in [-0.1, -0.05) is 0 Å². The van der Waals surface area contributed by atoms with E-state index in [0.29, 0.717) is 31.3 Å². The Hall–Kier alpha value is -2.15. The van der Waals surface area contributed by atoms with Crippen LogP contribution in [0.2, 0.25) is 0 Å². The fourth-order valence-electron chi connectivity index (χ4n) is 1.96. The zero-order valence-electron chi connectivity index (χ0n) is 12.7. The molecule has 0 N–H and O–H groups in total. The molecule has 0 aliphatic carbocycles. The second-order valence-corrected chi connectivity index (χ2v) is 4.89. The van der Waals surface area contributed by atoms with Crippen LogP contribution >= 0.6 is 0 Å². The number of methoxy groups -OCH3 is 1. The van der Waals surface area contributed by atoms with Crippen molar-refractivity contribution >= 4 is 5.97 Å². The molecule has 7 nitrogen and oxygen atoms in total. The number of hydrogen-bond donors (Lipinski definition) is 0. The smallest absolute Gasteiger partial charge is 0.306 e. The molecule has 2 aromatic heterocycles. The predicted octanol–water partition coefficient (Wildman–Crippen LogP) is 1.94. The number of ether oxygens (including phenoxy) is 1. The van der Waals surface area contributed by atoms with Crippen molar-refractivity contribution in [3.8, 4) is 11.5 Å². The first-order valence-corrected chi connectivity index (χ1v) is 6.64. The summed E-state index contributed by atoms with van der Waals surface area (Å²) < 4.78 is 15.7. The number of aromatic nitrogens is 2. The first-order valence-electron chi connectivity index (χ1n) is 6.64. The molecule has 0 bridgehead atoms. The normalized spacial score (nSPS) is 11.1. The van der Waals surface area contributed by atoms with Gasteiger partial charge in [-0.2, -0.15) is 0 Å². The third-order valence-electron chi connectivity index (χ3n) is 3.07. The van der Waals surface area contributed by atoms with Crippen molar-refractivity contribution in [1.29, 1.82) is 0 Å². The average Bonchev–Trinajstić information content (AvgIpc) is 3.02. The Labute approximate surface area is 122 Å². The third-order valence-corrected chi connectivity index (χ3v) is 3.07. The van der Waals surface area contributed by atoms with E-state index in [9.17, 15) is 4.79 Å². The van der Waals surface area contributed by atoms with Gasteiger partial charge in [0.05, 0.1) is 25.6 Å². The summed E-state index contributed by atoms with van der Waals surface area (Å²) in [5, 5.41) is 8.04. The Balaban J connectivity index is 1.97. The summed E-state index contributed by atoms with van der Waals surface area (Å²) in [7, 11) is 3.25. The molecular weight excluding hydrogens is 274 g/mol. The van der Waals surface area contributed by atoms with E-state index in [1.165, 1.54) is 7.11 Å². The van der Waals surface area contributed by atoms with Crippen LogP contribution in [0.15, 0.2) is 14.9 Å². The maximum absolute atomic E-state index is 11.1. The fraction of sp³-hybridized carbons (Fsp3) is 0.500. The van der Waals surface area contributed by atoms with Crippen molar-refractivity contribution < 1.29 is 18.4 Å². The highest BCUT2D eigenvalue weighted by atomic mass is 16.5. The van der Waals surface area contributed by atoms with E-state index in [0.717, 1.165) is 17.1 Å². The highest BCUT2D eigenvalue weighted by Crippen LogP contribution is 2.25. The van der Waals surface area contributed by atoms with E-state index in [-0.39, 0.29) is 5.97 Å². The number of esters is 1. The zero-order chi connectivity index (χ0) is 15.4. The third kappa shape index (κ3) is 3.91. The van der Waals surface area contributed by atoms with Gasteiger partial charge in [0, 0.05) is 6.54 Å². The summed E-state index contributed by atoms with van der Waals surface area (Å²) in [6, 6.07) is 1.87. The van der Waals surface area contributed by atoms with Crippen molar-refractivity contribution in [3.63, 3.8) is 0 Å². The molecule has 0 fully saturated rings. The largest absolute Gasteiger partial charge is 0.469 e. The molecule has 0 saturated carbocycles. The van der Waals surface area contributed by atoms with Gasteiger partial charge >= 0.3 is 5.97 Å². The van der Waals surface area contributed by atoms with Crippen LogP contribution < -0.4 is 0 Å². The first-order chi connectivity index (χ1) is 9.99. The van der Waals surface area contributed by atoms with Gasteiger partial charge in [-0.3, -0.25) is 9.69 Å². The Kier molecular flexibility index (Phi) is 4.74. The minimum Gasteiger partial charge on any atom is -0.469 e. The molecule has 0 radical (unpaired) electrons. The molecule has 0 aliphatic rings. The van der Waals surface area contributed by atoms with Gasteiger partial charge in [0.1, 0.15) is 11.5 Å². The fourth-order valence-corrected chi connectivity index (χ4v) is 1.96. The summed E-state index contributed by atoms with van der Waals surface area (Å²) in [5.41, 5.74) is 0.809. The molecule has 21 heavy (non-hydrogen) atoms. The minimum atomic E-state index is -0.238. The van der Waals surface area contributed by atoms with Crippen molar-refractivity contribution in [1.82, 2.24) is 15.1 Å². The summed E-state index contributed by atoms with van der Waals surface area (Å²) >= 11 is 0. The van der Waals surface area contributed by atoms with E-state index in [1.54, 1.807) is 0 Å². The molecule has 2 rings (SSSR count). The van der Waals surface area contributed by atoms with Gasteiger partial charge in [-0.15, -0.1) is 10.2 Å². The second kappa shape index (κ2) is 6.53. The summed E-state index contributed by atoms with van der Waals surface area (Å²) in [6.07, 6.45) is 0.327. The topological polar surface area (TPSA) is 81.6 Å². The van der Waals surface area contributed by atoms with Gasteiger partial charge in [-0.05, 0) is 27.0 Å². The van der Waals surface area contributed by atoms with Crippen LogP contribution in [0.3, 0.4) is 0 Å². The monoisotopic (exact) mass is 293 g/mol. The van der Waals surface area contributed by atoms with Gasteiger partial charge in [0.2, 0.25) is 5.89 Å². The number of furan rings is 1. The quantitative estimate of drug-likeness (QED) is 0.753. The van der Waals surface area contributed by atoms with Crippen LogP contribution in [0.4, 0.5) is 0 Å². The number of carbonyl (C=O) groups is 1. The molecule has 2 aromatic rings. The molecule has 2 heterocycles. The summed E-state index contributed by atoms with van der Waals surface area (Å²) in [4.78, 5) is 13.0. The molecule has 0 atom stereocenters. The molecule has 0 aromatic carbocycles. The van der Waals surface area contributed by atoms with E-state index in [1.807, 2.05) is 31.9 Å². The first kappa shape index (κ1) is 15.2. The van der Waals surface area contributed by atoms with Crippen LogP contribution in [0.25, 0.3) is 11.5 Å². The van der Waals surface area contributed by atoms with Gasteiger partial charge < -0.3 is 13.6 Å². The average molecular weight is 293 g/mol. The summed E-state index contributed by atoms with van der Waals surface area (Å²) in [5.74, 6) is 2.26. The number of carbonyl (C=O) groups excluding carboxylic acids is 1. The zero-order valence-corrected chi connectivity index (χ0v) is 12.7. The highest BCUT2D eigenvalue weighted by Gasteiger charge is 2.15. The van der Waals surface area contributed by atoms with Crippen molar-refractivity contribution in [2.75, 3.05) is 20.7 Å². The molecule has 114 valence electrons. The standard InChI is InChI=1S/C14H19N3O4/c1-9-7-11(10(2)20-9)14-16-15-12(21-14)8-17(3)6-5-13(18)19-4/h7H,5-6,8H2,1-4H3. The molecule has 0 saturated heterocycles. The lowest BCUT2D eigenvalue weighted by atomic mass is 10.2. The van der Waals surface area contributed by atoms with Crippen LogP contribution in [-0.4, -0.2) is 41.8 Å². The Morgan fingerprint density at radius 1 is 1.33 bits per heavy atom. The van der Waals surface area contributed by atoms with Crippen LogP contribution in [-0.2, 0) is 16.1 Å². The lowest BCUT2D eigenvalue weighted by molar-refractivity contribution is -0.140. The second-order valence-electron chi connectivity index (χ2n) is 4.89. The molecular formula is C14H19N3O4. The van der Waals surface area contributed by atoms with Gasteiger partial charge in [-0.25, -0.2) is 0 Å². The Morgan fingerprint density at radius 2 is 2.10 bits per heavy atom. The molecule has 0 aliphatic heterocycles. The number of nitrogens with zero attached hydrogens (tertiary/aromatic N) is 3. The van der Waals surface area contributed by atoms with Crippen LogP contribution in [0.1, 0.15) is 23.8 Å². The lowest BCUT2D eigenvalue weighted by Gasteiger charge is -2.12. The Morgan fingerprint density at radius 3 is 2.71 bits per heavy atom. The van der Waals surface area contributed by atoms with E-state index in [4.69, 9.17) is 8.83 Å². The van der Waals surface area contributed by atoms with Gasteiger partial charge in [0.15, 0.2) is 0 Å². The van der Waals surface area contributed by atoms with E-state index in [2.05, 4.69) is 14.9 Å². The van der Waals surface area contributed by atoms with Crippen molar-refractivity contribution in [2.45, 2.75) is 26.8 Å². The van der Waals surface area contributed by atoms with E-state index < -0.39 is 0 Å². The molecule has 7 heteroatoms. The molecule has 0 amide bonds. The van der Waals surface area contributed by atoms with Crippen LogP contribution in [0.5, 0.6) is 0 Å². The van der Waals surface area contributed by atoms with E-state index >= 15 is 0 Å². The maximum atomic E-state index is 11.1. The van der Waals surface area contributed by atoms with Crippen molar-refractivity contribution in [3.05, 3.63) is 23.5 Å². The predicted molar refractivity (Wildman–Crippen MR) is 74.4 cm³/mol. The Bertz CT molecular complexity index is 618. The lowest BCUT2D eigenvalue weighted by Crippen LogP contribution is -2.22. The molecule has 0 unspecified atom stereocenters. The number of rotatable bonds is 6.